The molecule has 1 amide bonds. The van der Waals surface area contributed by atoms with Gasteiger partial charge in [-0.3, -0.25) is 4.79 Å². The molecule has 0 N–H and O–H groups in total. The summed E-state index contributed by atoms with van der Waals surface area (Å²) in [5.74, 6) is 1.81. The molecule has 1 fully saturated rings. The number of benzene rings is 1. The zero-order chi connectivity index (χ0) is 14.7. The minimum Gasteiger partial charge on any atom is -0.343 e. The van der Waals surface area contributed by atoms with Gasteiger partial charge in [0.25, 0.3) is 0 Å². The number of rotatable bonds is 3. The van der Waals surface area contributed by atoms with E-state index in [2.05, 4.69) is 10.1 Å². The maximum atomic E-state index is 11.7. The first-order chi connectivity index (χ1) is 10.3. The molecule has 1 aliphatic rings. The number of hydrogen-bond donors (Lipinski definition) is 0. The van der Waals surface area contributed by atoms with Crippen LogP contribution in [0.3, 0.4) is 0 Å². The first-order valence-electron chi connectivity index (χ1n) is 7.44. The van der Waals surface area contributed by atoms with Crippen molar-refractivity contribution in [2.45, 2.75) is 32.1 Å². The molecule has 0 bridgehead atoms. The molecule has 21 heavy (non-hydrogen) atoms. The third-order valence-corrected chi connectivity index (χ3v) is 3.97. The highest BCUT2D eigenvalue weighted by Crippen LogP contribution is 2.28. The van der Waals surface area contributed by atoms with Crippen molar-refractivity contribution in [3.05, 3.63) is 36.2 Å². The van der Waals surface area contributed by atoms with Gasteiger partial charge in [-0.2, -0.15) is 4.98 Å². The van der Waals surface area contributed by atoms with Crippen molar-refractivity contribution in [1.29, 1.82) is 0 Å². The van der Waals surface area contributed by atoms with Crippen LogP contribution in [0.2, 0.25) is 0 Å². The van der Waals surface area contributed by atoms with Crippen molar-refractivity contribution in [3.8, 4) is 11.4 Å². The number of nitrogens with zero attached hydrogens (tertiary/aromatic N) is 3. The molecule has 0 atom stereocenters. The maximum Gasteiger partial charge on any atom is 0.230 e. The Morgan fingerprint density at radius 1 is 1.29 bits per heavy atom. The third kappa shape index (κ3) is 2.96. The van der Waals surface area contributed by atoms with Gasteiger partial charge in [0.05, 0.1) is 0 Å². The van der Waals surface area contributed by atoms with E-state index in [0.29, 0.717) is 18.1 Å². The molecule has 5 nitrogen and oxygen atoms in total. The summed E-state index contributed by atoms with van der Waals surface area (Å²) in [7, 11) is 0. The van der Waals surface area contributed by atoms with Crippen LogP contribution in [-0.2, 0) is 4.79 Å². The maximum absolute atomic E-state index is 11.7. The van der Waals surface area contributed by atoms with Crippen LogP contribution in [0.15, 0.2) is 34.9 Å². The van der Waals surface area contributed by atoms with Crippen LogP contribution in [0.5, 0.6) is 0 Å². The molecule has 0 radical (unpaired) electrons. The van der Waals surface area contributed by atoms with Crippen LogP contribution in [0.1, 0.15) is 38.0 Å². The summed E-state index contributed by atoms with van der Waals surface area (Å²) in [4.78, 5) is 18.1. The van der Waals surface area contributed by atoms with Gasteiger partial charge in [0.2, 0.25) is 17.6 Å². The molecule has 1 aliphatic heterocycles. The fourth-order valence-electron chi connectivity index (χ4n) is 2.70. The molecule has 3 rings (SSSR count). The van der Waals surface area contributed by atoms with Gasteiger partial charge >= 0.3 is 0 Å². The Kier molecular flexibility index (Phi) is 3.99. The molecule has 1 aromatic heterocycles. The Morgan fingerprint density at radius 3 is 2.67 bits per heavy atom. The molecule has 110 valence electrons. The first-order valence-corrected chi connectivity index (χ1v) is 7.44. The van der Waals surface area contributed by atoms with Crippen molar-refractivity contribution in [3.63, 3.8) is 0 Å². The summed E-state index contributed by atoms with van der Waals surface area (Å²) in [6.07, 6.45) is 2.35. The number of hydrogen-bond acceptors (Lipinski definition) is 4. The van der Waals surface area contributed by atoms with Crippen LogP contribution in [0, 0.1) is 0 Å². The smallest absolute Gasteiger partial charge is 0.230 e. The molecule has 2 heterocycles. The Labute approximate surface area is 124 Å². The standard InChI is InChI=1S/C16H19N3O2/c1-2-14(20)19-10-8-13(9-11-19)16-17-15(18-21-16)12-6-4-3-5-7-12/h3-7,13H,2,8-11H2,1H3. The van der Waals surface area contributed by atoms with Crippen molar-refractivity contribution in [2.75, 3.05) is 13.1 Å². The molecule has 0 spiro atoms. The number of carbonyl (C=O) groups excluding carboxylic acids is 1. The fraction of sp³-hybridized carbons (Fsp3) is 0.438. The van der Waals surface area contributed by atoms with E-state index >= 15 is 0 Å². The lowest BCUT2D eigenvalue weighted by atomic mass is 9.96. The highest BCUT2D eigenvalue weighted by atomic mass is 16.5. The Hall–Kier alpha value is -2.17. The summed E-state index contributed by atoms with van der Waals surface area (Å²) in [6.45, 7) is 3.46. The molecule has 0 saturated carbocycles. The summed E-state index contributed by atoms with van der Waals surface area (Å²) >= 11 is 0. The van der Waals surface area contributed by atoms with E-state index in [1.54, 1.807) is 0 Å². The van der Waals surface area contributed by atoms with E-state index in [1.807, 2.05) is 42.2 Å². The molecule has 1 saturated heterocycles. The molecule has 1 aromatic carbocycles. The van der Waals surface area contributed by atoms with Gasteiger partial charge < -0.3 is 9.42 Å². The highest BCUT2D eigenvalue weighted by molar-refractivity contribution is 5.75. The normalized spacial score (nSPS) is 16.1. The average Bonchev–Trinajstić information content (AvgIpc) is 3.05. The second-order valence-electron chi connectivity index (χ2n) is 5.33. The summed E-state index contributed by atoms with van der Waals surface area (Å²) in [5.41, 5.74) is 0.964. The topological polar surface area (TPSA) is 59.2 Å². The molecular formula is C16H19N3O2. The lowest BCUT2D eigenvalue weighted by Gasteiger charge is -2.30. The second-order valence-corrected chi connectivity index (χ2v) is 5.33. The highest BCUT2D eigenvalue weighted by Gasteiger charge is 2.26. The van der Waals surface area contributed by atoms with Gasteiger partial charge in [-0.15, -0.1) is 0 Å². The third-order valence-electron chi connectivity index (χ3n) is 3.97. The summed E-state index contributed by atoms with van der Waals surface area (Å²) in [5, 5.41) is 4.07. The minimum absolute atomic E-state index is 0.226. The number of amides is 1. The van der Waals surface area contributed by atoms with Gasteiger partial charge in [-0.25, -0.2) is 0 Å². The average molecular weight is 285 g/mol. The van der Waals surface area contributed by atoms with Crippen LogP contribution in [0.4, 0.5) is 0 Å². The molecule has 2 aromatic rings. The molecule has 0 unspecified atom stereocenters. The van der Waals surface area contributed by atoms with Gasteiger partial charge in [0.1, 0.15) is 0 Å². The van der Waals surface area contributed by atoms with E-state index in [1.165, 1.54) is 0 Å². The summed E-state index contributed by atoms with van der Waals surface area (Å²) in [6, 6.07) is 9.82. The van der Waals surface area contributed by atoms with E-state index in [4.69, 9.17) is 4.52 Å². The molecule has 5 heteroatoms. The van der Waals surface area contributed by atoms with E-state index < -0.39 is 0 Å². The van der Waals surface area contributed by atoms with Gasteiger partial charge in [0.15, 0.2) is 0 Å². The Morgan fingerprint density at radius 2 is 2.00 bits per heavy atom. The van der Waals surface area contributed by atoms with Gasteiger partial charge in [-0.1, -0.05) is 42.4 Å². The van der Waals surface area contributed by atoms with Gasteiger partial charge in [0, 0.05) is 31.0 Å². The quantitative estimate of drug-likeness (QED) is 0.870. The second kappa shape index (κ2) is 6.08. The van der Waals surface area contributed by atoms with Crippen LogP contribution >= 0.6 is 0 Å². The predicted octanol–water partition coefficient (Wildman–Crippen LogP) is 2.85. The predicted molar refractivity (Wildman–Crippen MR) is 78.6 cm³/mol. The van der Waals surface area contributed by atoms with E-state index in [9.17, 15) is 4.79 Å². The lowest BCUT2D eigenvalue weighted by molar-refractivity contribution is -0.131. The zero-order valence-electron chi connectivity index (χ0n) is 12.2. The first kappa shape index (κ1) is 13.8. The number of piperidine rings is 1. The number of aromatic nitrogens is 2. The van der Waals surface area contributed by atoms with Gasteiger partial charge in [-0.05, 0) is 12.8 Å². The van der Waals surface area contributed by atoms with Crippen LogP contribution in [0.25, 0.3) is 11.4 Å². The van der Waals surface area contributed by atoms with Crippen molar-refractivity contribution in [1.82, 2.24) is 15.0 Å². The number of likely N-dealkylation sites (tertiary alicyclic amines) is 1. The Balaban J connectivity index is 1.67. The van der Waals surface area contributed by atoms with E-state index in [0.717, 1.165) is 31.5 Å². The monoisotopic (exact) mass is 285 g/mol. The minimum atomic E-state index is 0.226. The van der Waals surface area contributed by atoms with Crippen molar-refractivity contribution < 1.29 is 9.32 Å². The van der Waals surface area contributed by atoms with Crippen molar-refractivity contribution >= 4 is 5.91 Å². The van der Waals surface area contributed by atoms with Crippen molar-refractivity contribution in [2.24, 2.45) is 0 Å². The fourth-order valence-corrected chi connectivity index (χ4v) is 2.70. The lowest BCUT2D eigenvalue weighted by Crippen LogP contribution is -2.37. The van der Waals surface area contributed by atoms with E-state index in [-0.39, 0.29) is 11.8 Å². The Bertz CT molecular complexity index is 601. The zero-order valence-corrected chi connectivity index (χ0v) is 12.2. The summed E-state index contributed by atoms with van der Waals surface area (Å²) < 4.78 is 5.42. The largest absolute Gasteiger partial charge is 0.343 e. The van der Waals surface area contributed by atoms with Crippen LogP contribution in [-0.4, -0.2) is 34.0 Å². The molecular weight excluding hydrogens is 266 g/mol. The molecule has 0 aliphatic carbocycles. The SMILES string of the molecule is CCC(=O)N1CCC(c2nc(-c3ccccc3)no2)CC1. The van der Waals surface area contributed by atoms with Crippen LogP contribution < -0.4 is 0 Å². The number of carbonyl (C=O) groups is 1.